The Labute approximate surface area is 127 Å². The number of amides is 1. The predicted octanol–water partition coefficient (Wildman–Crippen LogP) is 1.96. The normalized spacial score (nSPS) is 22.1. The summed E-state index contributed by atoms with van der Waals surface area (Å²) < 4.78 is 0. The molecule has 0 aromatic heterocycles. The zero-order valence-electron chi connectivity index (χ0n) is 13.1. The standard InChI is InChI=1S/C16H28N2O3/c1-17(14-5-3-2-4-6-14)15(19)12-18-9-7-13(8-10-18)11-16(20)21/h13-14H,2-12H2,1H3,(H,20,21). The van der Waals surface area contributed by atoms with Gasteiger partial charge in [-0.25, -0.2) is 0 Å². The minimum atomic E-state index is -0.707. The average molecular weight is 296 g/mol. The molecule has 0 spiro atoms. The average Bonchev–Trinajstić information content (AvgIpc) is 2.49. The molecule has 1 heterocycles. The van der Waals surface area contributed by atoms with Crippen LogP contribution in [0.3, 0.4) is 0 Å². The maximum atomic E-state index is 12.4. The highest BCUT2D eigenvalue weighted by molar-refractivity contribution is 5.78. The highest BCUT2D eigenvalue weighted by Gasteiger charge is 2.26. The topological polar surface area (TPSA) is 60.9 Å². The molecule has 1 aliphatic heterocycles. The number of rotatable bonds is 5. The zero-order chi connectivity index (χ0) is 15.2. The van der Waals surface area contributed by atoms with Gasteiger partial charge in [0.15, 0.2) is 0 Å². The Morgan fingerprint density at radius 3 is 2.29 bits per heavy atom. The Morgan fingerprint density at radius 1 is 1.10 bits per heavy atom. The van der Waals surface area contributed by atoms with Gasteiger partial charge in [-0.15, -0.1) is 0 Å². The second kappa shape index (κ2) is 7.78. The number of likely N-dealkylation sites (tertiary alicyclic amines) is 1. The van der Waals surface area contributed by atoms with Crippen molar-refractivity contribution in [3.63, 3.8) is 0 Å². The summed E-state index contributed by atoms with van der Waals surface area (Å²) in [5, 5.41) is 8.82. The van der Waals surface area contributed by atoms with Crippen LogP contribution in [0.4, 0.5) is 0 Å². The first kappa shape index (κ1) is 16.3. The maximum absolute atomic E-state index is 12.4. The van der Waals surface area contributed by atoms with E-state index in [1.54, 1.807) is 0 Å². The van der Waals surface area contributed by atoms with E-state index in [4.69, 9.17) is 5.11 Å². The lowest BCUT2D eigenvalue weighted by Crippen LogP contribution is -2.46. The Bertz CT molecular complexity index is 359. The summed E-state index contributed by atoms with van der Waals surface area (Å²) in [4.78, 5) is 27.2. The predicted molar refractivity (Wildman–Crippen MR) is 81.1 cm³/mol. The molecule has 0 radical (unpaired) electrons. The molecule has 1 amide bonds. The molecule has 0 unspecified atom stereocenters. The van der Waals surface area contributed by atoms with E-state index in [0.29, 0.717) is 12.6 Å². The van der Waals surface area contributed by atoms with Crippen LogP contribution in [0.5, 0.6) is 0 Å². The van der Waals surface area contributed by atoms with Crippen LogP contribution in [0.15, 0.2) is 0 Å². The molecule has 120 valence electrons. The van der Waals surface area contributed by atoms with Crippen molar-refractivity contribution in [3.05, 3.63) is 0 Å². The smallest absolute Gasteiger partial charge is 0.303 e. The third-order valence-corrected chi connectivity index (χ3v) is 5.05. The van der Waals surface area contributed by atoms with E-state index in [1.165, 1.54) is 19.3 Å². The van der Waals surface area contributed by atoms with Gasteiger partial charge in [0.05, 0.1) is 6.54 Å². The lowest BCUT2D eigenvalue weighted by Gasteiger charge is -2.35. The van der Waals surface area contributed by atoms with Gasteiger partial charge in [-0.05, 0) is 44.7 Å². The summed E-state index contributed by atoms with van der Waals surface area (Å²) in [6, 6.07) is 0.427. The van der Waals surface area contributed by atoms with Crippen LogP contribution < -0.4 is 0 Å². The molecule has 1 saturated heterocycles. The summed E-state index contributed by atoms with van der Waals surface area (Å²) in [6.45, 7) is 2.19. The van der Waals surface area contributed by atoms with E-state index in [1.807, 2.05) is 11.9 Å². The van der Waals surface area contributed by atoms with Crippen LogP contribution in [-0.2, 0) is 9.59 Å². The highest BCUT2D eigenvalue weighted by Crippen LogP contribution is 2.23. The first-order valence-electron chi connectivity index (χ1n) is 8.26. The monoisotopic (exact) mass is 296 g/mol. The van der Waals surface area contributed by atoms with E-state index in [-0.39, 0.29) is 18.2 Å². The van der Waals surface area contributed by atoms with Gasteiger partial charge in [-0.3, -0.25) is 14.5 Å². The van der Waals surface area contributed by atoms with Gasteiger partial charge in [-0.2, -0.15) is 0 Å². The molecular formula is C16H28N2O3. The number of carbonyl (C=O) groups is 2. The number of piperidine rings is 1. The second-order valence-electron chi connectivity index (χ2n) is 6.61. The van der Waals surface area contributed by atoms with Crippen LogP contribution in [0.1, 0.15) is 51.4 Å². The summed E-state index contributed by atoms with van der Waals surface area (Å²) >= 11 is 0. The third-order valence-electron chi connectivity index (χ3n) is 5.05. The third kappa shape index (κ3) is 4.99. The van der Waals surface area contributed by atoms with Gasteiger partial charge in [0.1, 0.15) is 0 Å². The quantitative estimate of drug-likeness (QED) is 0.842. The number of nitrogens with zero attached hydrogens (tertiary/aromatic N) is 2. The SMILES string of the molecule is CN(C(=O)CN1CCC(CC(=O)O)CC1)C1CCCCC1. The Hall–Kier alpha value is -1.10. The molecule has 0 bridgehead atoms. The highest BCUT2D eigenvalue weighted by atomic mass is 16.4. The molecule has 0 atom stereocenters. The molecular weight excluding hydrogens is 268 g/mol. The fourth-order valence-corrected chi connectivity index (χ4v) is 3.57. The number of carboxylic acids is 1. The molecule has 1 aliphatic carbocycles. The van der Waals surface area contributed by atoms with Gasteiger partial charge >= 0.3 is 5.97 Å². The van der Waals surface area contributed by atoms with Crippen molar-refractivity contribution in [2.75, 3.05) is 26.7 Å². The van der Waals surface area contributed by atoms with E-state index in [2.05, 4.69) is 4.90 Å². The second-order valence-corrected chi connectivity index (χ2v) is 6.61. The van der Waals surface area contributed by atoms with Crippen molar-refractivity contribution in [2.24, 2.45) is 5.92 Å². The summed E-state index contributed by atoms with van der Waals surface area (Å²) in [5.41, 5.74) is 0. The van der Waals surface area contributed by atoms with Crippen molar-refractivity contribution < 1.29 is 14.7 Å². The van der Waals surface area contributed by atoms with E-state index in [9.17, 15) is 9.59 Å². The molecule has 2 rings (SSSR count). The Balaban J connectivity index is 1.72. The molecule has 2 fully saturated rings. The van der Waals surface area contributed by atoms with Crippen molar-refractivity contribution >= 4 is 11.9 Å². The summed E-state index contributed by atoms with van der Waals surface area (Å²) in [5.74, 6) is -0.204. The Morgan fingerprint density at radius 2 is 1.71 bits per heavy atom. The van der Waals surface area contributed by atoms with Crippen LogP contribution in [0.2, 0.25) is 0 Å². The largest absolute Gasteiger partial charge is 0.481 e. The van der Waals surface area contributed by atoms with Crippen LogP contribution >= 0.6 is 0 Å². The van der Waals surface area contributed by atoms with Crippen LogP contribution in [0, 0.1) is 5.92 Å². The lowest BCUT2D eigenvalue weighted by atomic mass is 9.93. The Kier molecular flexibility index (Phi) is 6.03. The zero-order valence-corrected chi connectivity index (χ0v) is 13.1. The van der Waals surface area contributed by atoms with E-state index in [0.717, 1.165) is 38.8 Å². The number of carboxylic acid groups (broad SMARTS) is 1. The van der Waals surface area contributed by atoms with Crippen molar-refractivity contribution in [1.82, 2.24) is 9.80 Å². The first-order chi connectivity index (χ1) is 10.1. The van der Waals surface area contributed by atoms with Crippen LogP contribution in [0.25, 0.3) is 0 Å². The molecule has 21 heavy (non-hydrogen) atoms. The van der Waals surface area contributed by atoms with Gasteiger partial charge in [0.25, 0.3) is 0 Å². The molecule has 5 heteroatoms. The maximum Gasteiger partial charge on any atom is 0.303 e. The van der Waals surface area contributed by atoms with E-state index < -0.39 is 5.97 Å². The summed E-state index contributed by atoms with van der Waals surface area (Å²) in [7, 11) is 1.94. The number of hydrogen-bond donors (Lipinski definition) is 1. The first-order valence-corrected chi connectivity index (χ1v) is 8.26. The van der Waals surface area contributed by atoms with Gasteiger partial charge in [0, 0.05) is 19.5 Å². The number of aliphatic carboxylic acids is 1. The number of carbonyl (C=O) groups excluding carboxylic acids is 1. The van der Waals surface area contributed by atoms with Gasteiger partial charge in [0.2, 0.25) is 5.91 Å². The van der Waals surface area contributed by atoms with Gasteiger partial charge in [-0.1, -0.05) is 19.3 Å². The molecule has 1 N–H and O–H groups in total. The number of hydrogen-bond acceptors (Lipinski definition) is 3. The van der Waals surface area contributed by atoms with Crippen molar-refractivity contribution in [2.45, 2.75) is 57.4 Å². The summed E-state index contributed by atoms with van der Waals surface area (Å²) in [6.07, 6.45) is 8.12. The molecule has 0 aromatic carbocycles. The van der Waals surface area contributed by atoms with Gasteiger partial charge < -0.3 is 10.0 Å². The van der Waals surface area contributed by atoms with Crippen molar-refractivity contribution in [3.8, 4) is 0 Å². The molecule has 1 saturated carbocycles. The van der Waals surface area contributed by atoms with E-state index >= 15 is 0 Å². The molecule has 2 aliphatic rings. The fraction of sp³-hybridized carbons (Fsp3) is 0.875. The minimum Gasteiger partial charge on any atom is -0.481 e. The number of likely N-dealkylation sites (N-methyl/N-ethyl adjacent to an activating group) is 1. The lowest BCUT2D eigenvalue weighted by molar-refractivity contribution is -0.139. The molecule has 0 aromatic rings. The fourth-order valence-electron chi connectivity index (χ4n) is 3.57. The van der Waals surface area contributed by atoms with Crippen molar-refractivity contribution in [1.29, 1.82) is 0 Å². The van der Waals surface area contributed by atoms with Crippen LogP contribution in [-0.4, -0.2) is 59.5 Å². The minimum absolute atomic E-state index is 0.221. The molecule has 5 nitrogen and oxygen atoms in total.